The summed E-state index contributed by atoms with van der Waals surface area (Å²) in [6, 6.07) is 10.5. The fraction of sp³-hybridized carbons (Fsp3) is 0.632. The second-order valence-corrected chi connectivity index (χ2v) is 6.78. The van der Waals surface area contributed by atoms with E-state index in [1.54, 1.807) is 6.92 Å². The molecule has 1 aliphatic rings. The summed E-state index contributed by atoms with van der Waals surface area (Å²) >= 11 is 0. The molecule has 21 heavy (non-hydrogen) atoms. The Balaban J connectivity index is 2.40. The highest BCUT2D eigenvalue weighted by atomic mass is 16.1. The zero-order valence-electron chi connectivity index (χ0n) is 13.8. The summed E-state index contributed by atoms with van der Waals surface area (Å²) in [5.41, 5.74) is 0.942. The number of Topliss-reactive ketones (excluding diaryl/α,β-unsaturated/α-hetero) is 1. The van der Waals surface area contributed by atoms with Gasteiger partial charge in [0.1, 0.15) is 5.78 Å². The van der Waals surface area contributed by atoms with Gasteiger partial charge in [-0.1, -0.05) is 49.6 Å². The van der Waals surface area contributed by atoms with Crippen LogP contribution in [0.25, 0.3) is 0 Å². The Hall–Kier alpha value is -1.15. The molecule has 0 heterocycles. The Labute approximate surface area is 129 Å². The Morgan fingerprint density at radius 3 is 2.29 bits per heavy atom. The second-order valence-electron chi connectivity index (χ2n) is 6.78. The predicted molar refractivity (Wildman–Crippen MR) is 88.5 cm³/mol. The van der Waals surface area contributed by atoms with Crippen LogP contribution < -0.4 is 0 Å². The Bertz CT molecular complexity index is 448. The minimum Gasteiger partial charge on any atom is -0.309 e. The third kappa shape index (κ3) is 3.55. The zero-order chi connectivity index (χ0) is 15.3. The van der Waals surface area contributed by atoms with Gasteiger partial charge in [0.15, 0.2) is 0 Å². The fourth-order valence-electron chi connectivity index (χ4n) is 3.98. The lowest BCUT2D eigenvalue weighted by molar-refractivity contribution is -0.125. The third-order valence-electron chi connectivity index (χ3n) is 5.17. The molecule has 0 amide bonds. The number of benzene rings is 1. The average molecular weight is 287 g/mol. The van der Waals surface area contributed by atoms with Gasteiger partial charge in [-0.05, 0) is 58.3 Å². The lowest BCUT2D eigenvalue weighted by atomic mass is 9.61. The molecule has 1 fully saturated rings. The number of ketones is 1. The summed E-state index contributed by atoms with van der Waals surface area (Å²) < 4.78 is 0. The number of nitrogens with zero attached hydrogens (tertiary/aromatic N) is 1. The monoisotopic (exact) mass is 287 g/mol. The van der Waals surface area contributed by atoms with E-state index in [-0.39, 0.29) is 5.41 Å². The first kappa shape index (κ1) is 16.2. The minimum absolute atomic E-state index is 0.286. The molecule has 1 saturated carbocycles. The van der Waals surface area contributed by atoms with Crippen molar-refractivity contribution < 1.29 is 4.79 Å². The van der Waals surface area contributed by atoms with E-state index in [9.17, 15) is 4.79 Å². The number of carbonyl (C=O) groups excluding carboxylic acids is 1. The normalized spacial score (nSPS) is 19.4. The molecule has 1 aromatic rings. The summed E-state index contributed by atoms with van der Waals surface area (Å²) in [5.74, 6) is 0.855. The predicted octanol–water partition coefficient (Wildman–Crippen LogP) is 4.05. The summed E-state index contributed by atoms with van der Waals surface area (Å²) in [5, 5.41) is 0. The minimum atomic E-state index is -0.286. The quantitative estimate of drug-likeness (QED) is 0.787. The SMILES string of the molecule is CC(=O)C(CCN(C)C)(c1ccccc1)C1CCCCC1. The van der Waals surface area contributed by atoms with Crippen LogP contribution in [0.2, 0.25) is 0 Å². The van der Waals surface area contributed by atoms with E-state index in [1.165, 1.54) is 37.7 Å². The number of hydrogen-bond acceptors (Lipinski definition) is 2. The first-order valence-electron chi connectivity index (χ1n) is 8.28. The van der Waals surface area contributed by atoms with Crippen molar-refractivity contribution in [1.29, 1.82) is 0 Å². The van der Waals surface area contributed by atoms with E-state index in [1.807, 2.05) is 6.07 Å². The highest BCUT2D eigenvalue weighted by Crippen LogP contribution is 2.44. The van der Waals surface area contributed by atoms with E-state index >= 15 is 0 Å². The fourth-order valence-corrected chi connectivity index (χ4v) is 3.98. The molecular weight excluding hydrogens is 258 g/mol. The zero-order valence-corrected chi connectivity index (χ0v) is 13.8. The van der Waals surface area contributed by atoms with Crippen molar-refractivity contribution in [2.45, 2.75) is 50.9 Å². The van der Waals surface area contributed by atoms with Crippen LogP contribution in [0.15, 0.2) is 30.3 Å². The molecule has 1 aliphatic carbocycles. The maximum Gasteiger partial charge on any atom is 0.140 e. The van der Waals surface area contributed by atoms with Crippen LogP contribution in [-0.4, -0.2) is 31.3 Å². The molecule has 116 valence electrons. The van der Waals surface area contributed by atoms with Crippen LogP contribution in [0.1, 0.15) is 51.0 Å². The maximum absolute atomic E-state index is 12.8. The number of hydrogen-bond donors (Lipinski definition) is 0. The third-order valence-corrected chi connectivity index (χ3v) is 5.17. The number of rotatable bonds is 6. The van der Waals surface area contributed by atoms with Gasteiger partial charge in [0.2, 0.25) is 0 Å². The molecule has 2 rings (SSSR count). The van der Waals surface area contributed by atoms with Gasteiger partial charge in [0.25, 0.3) is 0 Å². The largest absolute Gasteiger partial charge is 0.309 e. The van der Waals surface area contributed by atoms with Crippen molar-refractivity contribution in [3.05, 3.63) is 35.9 Å². The first-order valence-corrected chi connectivity index (χ1v) is 8.28. The molecule has 2 nitrogen and oxygen atoms in total. The Kier molecular flexibility index (Phi) is 5.58. The lowest BCUT2D eigenvalue weighted by Crippen LogP contribution is -2.44. The molecule has 1 aromatic carbocycles. The Morgan fingerprint density at radius 1 is 1.14 bits per heavy atom. The highest BCUT2D eigenvalue weighted by Gasteiger charge is 2.44. The van der Waals surface area contributed by atoms with E-state index in [4.69, 9.17) is 0 Å². The van der Waals surface area contributed by atoms with Gasteiger partial charge in [0.05, 0.1) is 5.41 Å². The van der Waals surface area contributed by atoms with Crippen molar-refractivity contribution in [2.24, 2.45) is 5.92 Å². The molecule has 1 unspecified atom stereocenters. The van der Waals surface area contributed by atoms with Gasteiger partial charge in [-0.3, -0.25) is 4.79 Å². The molecule has 0 N–H and O–H groups in total. The molecule has 0 aliphatic heterocycles. The smallest absolute Gasteiger partial charge is 0.140 e. The molecule has 2 heteroatoms. The Morgan fingerprint density at radius 2 is 1.76 bits per heavy atom. The first-order chi connectivity index (χ1) is 10.1. The van der Waals surface area contributed by atoms with Gasteiger partial charge in [-0.25, -0.2) is 0 Å². The maximum atomic E-state index is 12.8. The molecule has 0 radical (unpaired) electrons. The van der Waals surface area contributed by atoms with Gasteiger partial charge in [0, 0.05) is 0 Å². The van der Waals surface area contributed by atoms with Crippen LogP contribution >= 0.6 is 0 Å². The van der Waals surface area contributed by atoms with Crippen molar-refractivity contribution in [3.8, 4) is 0 Å². The standard InChI is InChI=1S/C19H29NO/c1-16(21)19(14-15-20(2)3,17-10-6-4-7-11-17)18-12-8-5-9-13-18/h4,6-7,10-11,18H,5,8-9,12-15H2,1-3H3. The van der Waals surface area contributed by atoms with Gasteiger partial charge in [-0.15, -0.1) is 0 Å². The summed E-state index contributed by atoms with van der Waals surface area (Å²) in [7, 11) is 4.19. The van der Waals surface area contributed by atoms with Crippen LogP contribution in [0.5, 0.6) is 0 Å². The van der Waals surface area contributed by atoms with E-state index in [0.29, 0.717) is 11.7 Å². The molecule has 1 atom stereocenters. The summed E-state index contributed by atoms with van der Waals surface area (Å²) in [6.45, 7) is 2.77. The van der Waals surface area contributed by atoms with Crippen molar-refractivity contribution in [3.63, 3.8) is 0 Å². The van der Waals surface area contributed by atoms with Gasteiger partial charge >= 0.3 is 0 Å². The second kappa shape index (κ2) is 7.22. The molecule has 0 spiro atoms. The van der Waals surface area contributed by atoms with Crippen LogP contribution in [0, 0.1) is 5.92 Å². The molecule has 0 bridgehead atoms. The molecule has 0 saturated heterocycles. The van der Waals surface area contributed by atoms with E-state index in [0.717, 1.165) is 13.0 Å². The van der Waals surface area contributed by atoms with E-state index in [2.05, 4.69) is 43.3 Å². The summed E-state index contributed by atoms with van der Waals surface area (Å²) in [6.07, 6.45) is 7.20. The van der Waals surface area contributed by atoms with Crippen molar-refractivity contribution in [1.82, 2.24) is 4.90 Å². The van der Waals surface area contributed by atoms with Crippen LogP contribution in [0.3, 0.4) is 0 Å². The van der Waals surface area contributed by atoms with Gasteiger partial charge in [-0.2, -0.15) is 0 Å². The average Bonchev–Trinajstić information content (AvgIpc) is 2.49. The lowest BCUT2D eigenvalue weighted by Gasteiger charge is -2.42. The van der Waals surface area contributed by atoms with Crippen LogP contribution in [-0.2, 0) is 10.2 Å². The van der Waals surface area contributed by atoms with Gasteiger partial charge < -0.3 is 4.90 Å². The molecule has 0 aromatic heterocycles. The summed E-state index contributed by atoms with van der Waals surface area (Å²) in [4.78, 5) is 15.0. The number of carbonyl (C=O) groups is 1. The molecular formula is C19H29NO. The van der Waals surface area contributed by atoms with E-state index < -0.39 is 0 Å². The van der Waals surface area contributed by atoms with Crippen LogP contribution in [0.4, 0.5) is 0 Å². The van der Waals surface area contributed by atoms with Crippen molar-refractivity contribution >= 4 is 5.78 Å². The highest BCUT2D eigenvalue weighted by molar-refractivity contribution is 5.88. The topological polar surface area (TPSA) is 20.3 Å². The van der Waals surface area contributed by atoms with Crippen molar-refractivity contribution in [2.75, 3.05) is 20.6 Å².